The third-order valence-corrected chi connectivity index (χ3v) is 5.15. The zero-order chi connectivity index (χ0) is 13.3. The second kappa shape index (κ2) is 4.91. The van der Waals surface area contributed by atoms with Crippen LogP contribution in [0.1, 0.15) is 0 Å². The van der Waals surface area contributed by atoms with Crippen LogP contribution in [-0.2, 0) is 9.84 Å². The summed E-state index contributed by atoms with van der Waals surface area (Å²) < 4.78 is 25.5. The fraction of sp³-hybridized carbons (Fsp3) is 0. The Morgan fingerprint density at radius 2 is 1.67 bits per heavy atom. The molecule has 2 aromatic carbocycles. The smallest absolute Gasteiger partial charge is 0.208 e. The van der Waals surface area contributed by atoms with Crippen LogP contribution in [0.5, 0.6) is 0 Å². The van der Waals surface area contributed by atoms with Crippen molar-refractivity contribution in [2.75, 3.05) is 5.73 Å². The van der Waals surface area contributed by atoms with Gasteiger partial charge in [-0.1, -0.05) is 27.5 Å². The zero-order valence-electron chi connectivity index (χ0n) is 9.10. The number of anilines is 1. The summed E-state index contributed by atoms with van der Waals surface area (Å²) in [6.45, 7) is 0. The van der Waals surface area contributed by atoms with Crippen LogP contribution in [0.15, 0.2) is 56.7 Å². The highest BCUT2D eigenvalue weighted by Gasteiger charge is 2.20. The maximum Gasteiger partial charge on any atom is 0.208 e. The number of rotatable bonds is 2. The average Bonchev–Trinajstić information content (AvgIpc) is 2.32. The summed E-state index contributed by atoms with van der Waals surface area (Å²) >= 11 is 9.17. The van der Waals surface area contributed by atoms with Gasteiger partial charge < -0.3 is 5.73 Å². The third-order valence-electron chi connectivity index (χ3n) is 2.37. The molecule has 0 bridgehead atoms. The molecule has 0 saturated carbocycles. The molecule has 2 N–H and O–H groups in total. The fourth-order valence-corrected chi connectivity index (χ4v) is 3.52. The summed E-state index contributed by atoms with van der Waals surface area (Å²) in [5, 5.41) is 0.159. The van der Waals surface area contributed by atoms with Crippen molar-refractivity contribution >= 4 is 43.1 Å². The van der Waals surface area contributed by atoms with E-state index in [0.29, 0.717) is 5.69 Å². The molecule has 6 heteroatoms. The molecule has 0 aliphatic rings. The second-order valence-electron chi connectivity index (χ2n) is 3.65. The quantitative estimate of drug-likeness (QED) is 0.846. The number of nitrogen functional groups attached to an aromatic ring is 1. The minimum Gasteiger partial charge on any atom is -0.399 e. The lowest BCUT2D eigenvalue weighted by atomic mass is 10.3. The van der Waals surface area contributed by atoms with E-state index in [2.05, 4.69) is 15.9 Å². The van der Waals surface area contributed by atoms with Crippen LogP contribution >= 0.6 is 27.5 Å². The number of sulfone groups is 1. The van der Waals surface area contributed by atoms with Crippen LogP contribution in [0, 0.1) is 0 Å². The van der Waals surface area contributed by atoms with E-state index in [1.165, 1.54) is 24.3 Å². The van der Waals surface area contributed by atoms with Gasteiger partial charge >= 0.3 is 0 Å². The molecule has 0 aliphatic carbocycles. The first-order valence-corrected chi connectivity index (χ1v) is 7.62. The van der Waals surface area contributed by atoms with Gasteiger partial charge in [0.25, 0.3) is 0 Å². The predicted molar refractivity (Wildman–Crippen MR) is 75.5 cm³/mol. The van der Waals surface area contributed by atoms with E-state index < -0.39 is 9.84 Å². The Kier molecular flexibility index (Phi) is 3.66. The molecular formula is C12H9BrClNO2S. The van der Waals surface area contributed by atoms with Crippen molar-refractivity contribution < 1.29 is 8.42 Å². The van der Waals surface area contributed by atoms with Gasteiger partial charge in [0, 0.05) is 10.2 Å². The topological polar surface area (TPSA) is 60.2 Å². The molecular weight excluding hydrogens is 338 g/mol. The summed E-state index contributed by atoms with van der Waals surface area (Å²) in [5.41, 5.74) is 5.95. The Bertz CT molecular complexity index is 684. The highest BCUT2D eigenvalue weighted by atomic mass is 79.9. The maximum absolute atomic E-state index is 12.4. The molecule has 2 aromatic rings. The summed E-state index contributed by atoms with van der Waals surface area (Å²) in [6.07, 6.45) is 0. The van der Waals surface area contributed by atoms with Gasteiger partial charge in [-0.2, -0.15) is 0 Å². The van der Waals surface area contributed by atoms with Crippen LogP contribution in [-0.4, -0.2) is 8.42 Å². The summed E-state index contributed by atoms with van der Waals surface area (Å²) in [4.78, 5) is 0.199. The Morgan fingerprint density at radius 3 is 2.28 bits per heavy atom. The first kappa shape index (κ1) is 13.4. The highest BCUT2D eigenvalue weighted by Crippen LogP contribution is 2.29. The van der Waals surface area contributed by atoms with E-state index in [0.717, 1.165) is 4.47 Å². The van der Waals surface area contributed by atoms with Gasteiger partial charge in [0.15, 0.2) is 0 Å². The Labute approximate surface area is 119 Å². The van der Waals surface area contributed by atoms with Crippen molar-refractivity contribution in [1.82, 2.24) is 0 Å². The van der Waals surface area contributed by atoms with Crippen LogP contribution in [0.25, 0.3) is 0 Å². The van der Waals surface area contributed by atoms with Crippen molar-refractivity contribution in [3.8, 4) is 0 Å². The normalized spacial score (nSPS) is 11.4. The van der Waals surface area contributed by atoms with Crippen molar-refractivity contribution in [2.24, 2.45) is 0 Å². The number of nitrogens with two attached hydrogens (primary N) is 1. The molecule has 0 amide bonds. The molecule has 0 heterocycles. The number of halogens is 2. The maximum atomic E-state index is 12.4. The summed E-state index contributed by atoms with van der Waals surface area (Å²) in [6, 6.07) is 10.7. The molecule has 2 rings (SSSR count). The van der Waals surface area contributed by atoms with Crippen LogP contribution in [0.3, 0.4) is 0 Å². The SMILES string of the molecule is Nc1ccc(Cl)c(S(=O)(=O)c2ccc(Br)cc2)c1. The Hall–Kier alpha value is -1.04. The fourth-order valence-electron chi connectivity index (χ4n) is 1.47. The van der Waals surface area contributed by atoms with Gasteiger partial charge in [0.2, 0.25) is 9.84 Å². The third kappa shape index (κ3) is 2.53. The molecule has 0 aliphatic heterocycles. The number of benzene rings is 2. The monoisotopic (exact) mass is 345 g/mol. The Morgan fingerprint density at radius 1 is 1.06 bits per heavy atom. The lowest BCUT2D eigenvalue weighted by molar-refractivity contribution is 0.596. The van der Waals surface area contributed by atoms with E-state index in [1.54, 1.807) is 18.2 Å². The molecule has 0 spiro atoms. The van der Waals surface area contributed by atoms with E-state index in [4.69, 9.17) is 17.3 Å². The summed E-state index contributed by atoms with van der Waals surface area (Å²) in [5.74, 6) is 0. The molecule has 0 radical (unpaired) electrons. The number of hydrogen-bond acceptors (Lipinski definition) is 3. The van der Waals surface area contributed by atoms with E-state index in [-0.39, 0.29) is 14.8 Å². The molecule has 0 aromatic heterocycles. The van der Waals surface area contributed by atoms with Crippen LogP contribution in [0.2, 0.25) is 5.02 Å². The molecule has 18 heavy (non-hydrogen) atoms. The van der Waals surface area contributed by atoms with Gasteiger partial charge in [-0.15, -0.1) is 0 Å². The largest absolute Gasteiger partial charge is 0.399 e. The van der Waals surface area contributed by atoms with Gasteiger partial charge in [0.05, 0.1) is 14.8 Å². The molecule has 3 nitrogen and oxygen atoms in total. The zero-order valence-corrected chi connectivity index (χ0v) is 12.3. The van der Waals surface area contributed by atoms with Gasteiger partial charge in [0.1, 0.15) is 0 Å². The summed E-state index contributed by atoms with van der Waals surface area (Å²) in [7, 11) is -3.64. The molecule has 0 saturated heterocycles. The highest BCUT2D eigenvalue weighted by molar-refractivity contribution is 9.10. The van der Waals surface area contributed by atoms with Crippen molar-refractivity contribution in [3.63, 3.8) is 0 Å². The lowest BCUT2D eigenvalue weighted by Gasteiger charge is -2.07. The minimum absolute atomic E-state index is 0.0199. The van der Waals surface area contributed by atoms with Crippen LogP contribution in [0.4, 0.5) is 5.69 Å². The van der Waals surface area contributed by atoms with Gasteiger partial charge in [-0.3, -0.25) is 0 Å². The molecule has 0 atom stereocenters. The molecule has 94 valence electrons. The van der Waals surface area contributed by atoms with Crippen LogP contribution < -0.4 is 5.73 Å². The standard InChI is InChI=1S/C12H9BrClNO2S/c13-8-1-4-10(5-2-8)18(16,17)12-7-9(15)3-6-11(12)14/h1-7H,15H2. The first-order chi connectivity index (χ1) is 8.41. The van der Waals surface area contributed by atoms with Crippen molar-refractivity contribution in [3.05, 3.63) is 52.0 Å². The second-order valence-corrected chi connectivity index (χ2v) is 6.89. The van der Waals surface area contributed by atoms with Gasteiger partial charge in [-0.25, -0.2) is 8.42 Å². The van der Waals surface area contributed by atoms with Crippen molar-refractivity contribution in [1.29, 1.82) is 0 Å². The first-order valence-electron chi connectivity index (χ1n) is 4.97. The van der Waals surface area contributed by atoms with E-state index in [1.807, 2.05) is 0 Å². The Balaban J connectivity index is 2.61. The number of hydrogen-bond donors (Lipinski definition) is 1. The van der Waals surface area contributed by atoms with Gasteiger partial charge in [-0.05, 0) is 42.5 Å². The van der Waals surface area contributed by atoms with E-state index in [9.17, 15) is 8.42 Å². The lowest BCUT2D eigenvalue weighted by Crippen LogP contribution is -2.03. The van der Waals surface area contributed by atoms with Crippen molar-refractivity contribution in [2.45, 2.75) is 9.79 Å². The minimum atomic E-state index is -3.64. The molecule has 0 unspecified atom stereocenters. The predicted octanol–water partition coefficient (Wildman–Crippen LogP) is 3.52. The van der Waals surface area contributed by atoms with E-state index >= 15 is 0 Å². The molecule has 0 fully saturated rings. The average molecular weight is 347 g/mol.